The molecule has 0 spiro atoms. The molecule has 1 aromatic heterocycles. The zero-order valence-corrected chi connectivity index (χ0v) is 32.6. The summed E-state index contributed by atoms with van der Waals surface area (Å²) in [5, 5.41) is 7.48. The fourth-order valence-electron chi connectivity index (χ4n) is 10.4. The first-order valence-corrected chi connectivity index (χ1v) is 20.7. The Morgan fingerprint density at radius 1 is 0.441 bits per heavy atom. The van der Waals surface area contributed by atoms with Gasteiger partial charge in [-0.15, -0.1) is 0 Å². The third-order valence-electron chi connectivity index (χ3n) is 12.9. The Morgan fingerprint density at radius 3 is 1.83 bits per heavy atom. The van der Waals surface area contributed by atoms with Crippen LogP contribution in [0.3, 0.4) is 0 Å². The van der Waals surface area contributed by atoms with Crippen LogP contribution in [0.4, 0.5) is 17.1 Å². The summed E-state index contributed by atoms with van der Waals surface area (Å²) < 4.78 is 2.50. The van der Waals surface area contributed by atoms with E-state index in [0.717, 1.165) is 29.9 Å². The first kappa shape index (κ1) is 33.7. The van der Waals surface area contributed by atoms with E-state index < -0.39 is 5.41 Å². The van der Waals surface area contributed by atoms with Crippen molar-refractivity contribution in [3.8, 4) is 11.1 Å². The summed E-state index contributed by atoms with van der Waals surface area (Å²) in [7, 11) is 0. The van der Waals surface area contributed by atoms with Crippen LogP contribution in [0.25, 0.3) is 60.2 Å². The van der Waals surface area contributed by atoms with Gasteiger partial charge in [0.15, 0.2) is 0 Å². The standard InChI is InChI=1S/C57H40N2/c1-4-19-40(20-5-1)57(41-21-6-2-7-22-41)52-30-16-14-27-47(52)48-34-32-43(37-53(48)57)58(55-36-39-18-10-11-25-45(39)46-26-12-13-28-49(46)55)44-33-35-51-50-29-15-17-31-54(50)59(56(51)38-44)42-23-8-3-9-24-42/h1-8,10-23,25-38H,9,24H2. The summed E-state index contributed by atoms with van der Waals surface area (Å²) in [6, 6.07) is 74.6. The molecule has 0 unspecified atom stereocenters. The van der Waals surface area contributed by atoms with Crippen molar-refractivity contribution >= 4 is 66.1 Å². The molecule has 9 aromatic carbocycles. The Bertz CT molecular complexity index is 3290. The monoisotopic (exact) mass is 752 g/mol. The number of anilines is 3. The van der Waals surface area contributed by atoms with E-state index in [-0.39, 0.29) is 0 Å². The van der Waals surface area contributed by atoms with Crippen LogP contribution in [0, 0.1) is 0 Å². The Labute approximate surface area is 344 Å². The highest BCUT2D eigenvalue weighted by Crippen LogP contribution is 2.57. The molecule has 0 N–H and O–H groups in total. The van der Waals surface area contributed by atoms with Gasteiger partial charge in [0.1, 0.15) is 0 Å². The maximum atomic E-state index is 2.52. The van der Waals surface area contributed by atoms with E-state index in [4.69, 9.17) is 0 Å². The van der Waals surface area contributed by atoms with Gasteiger partial charge in [-0.1, -0.05) is 176 Å². The Hall–Kier alpha value is -7.42. The third-order valence-corrected chi connectivity index (χ3v) is 12.9. The van der Waals surface area contributed by atoms with Gasteiger partial charge in [-0.3, -0.25) is 0 Å². The lowest BCUT2D eigenvalue weighted by Crippen LogP contribution is -2.28. The molecule has 0 bridgehead atoms. The molecule has 2 nitrogen and oxygen atoms in total. The van der Waals surface area contributed by atoms with Crippen LogP contribution in [0.5, 0.6) is 0 Å². The molecule has 2 heteroatoms. The second-order valence-electron chi connectivity index (χ2n) is 15.9. The number of para-hydroxylation sites is 1. The van der Waals surface area contributed by atoms with Crippen LogP contribution < -0.4 is 4.90 Å². The summed E-state index contributed by atoms with van der Waals surface area (Å²) in [5.74, 6) is 0. The van der Waals surface area contributed by atoms with Crippen LogP contribution in [0.1, 0.15) is 35.1 Å². The fourth-order valence-corrected chi connectivity index (χ4v) is 10.4. The Balaban J connectivity index is 1.19. The molecule has 59 heavy (non-hydrogen) atoms. The van der Waals surface area contributed by atoms with Gasteiger partial charge >= 0.3 is 0 Å². The van der Waals surface area contributed by atoms with E-state index in [1.807, 2.05) is 0 Å². The van der Waals surface area contributed by atoms with E-state index in [0.29, 0.717) is 0 Å². The molecule has 10 aromatic rings. The van der Waals surface area contributed by atoms with Crippen molar-refractivity contribution in [2.45, 2.75) is 18.3 Å². The SMILES string of the molecule is C1=CCCC(n2c3ccccc3c3ccc(N(c4ccc5c(c4)C(c4ccccc4)(c4ccccc4)c4ccccc4-5)c4cc5ccccc5c5ccccc45)cc32)=C1. The number of aromatic nitrogens is 1. The number of nitrogens with zero attached hydrogens (tertiary/aromatic N) is 2. The molecule has 0 aliphatic heterocycles. The molecule has 0 saturated carbocycles. The van der Waals surface area contributed by atoms with Gasteiger partial charge in [0.2, 0.25) is 0 Å². The van der Waals surface area contributed by atoms with Gasteiger partial charge in [0, 0.05) is 33.2 Å². The summed E-state index contributed by atoms with van der Waals surface area (Å²) in [4.78, 5) is 2.52. The quantitative estimate of drug-likeness (QED) is 0.154. The molecule has 2 aliphatic carbocycles. The first-order valence-electron chi connectivity index (χ1n) is 20.7. The highest BCUT2D eigenvalue weighted by Gasteiger charge is 2.46. The lowest BCUT2D eigenvalue weighted by Gasteiger charge is -2.35. The van der Waals surface area contributed by atoms with Gasteiger partial charge in [-0.25, -0.2) is 0 Å². The van der Waals surface area contributed by atoms with E-state index in [1.54, 1.807) is 0 Å². The minimum absolute atomic E-state index is 0.515. The summed E-state index contributed by atoms with van der Waals surface area (Å²) in [5.41, 5.74) is 14.3. The van der Waals surface area contributed by atoms with Crippen LogP contribution in [-0.2, 0) is 5.41 Å². The molecule has 12 rings (SSSR count). The number of allylic oxidation sites excluding steroid dienone is 4. The molecule has 278 valence electrons. The van der Waals surface area contributed by atoms with Crippen molar-refractivity contribution in [2.75, 3.05) is 4.90 Å². The average Bonchev–Trinajstić information content (AvgIpc) is 3.80. The largest absolute Gasteiger partial charge is 0.313 e. The predicted molar refractivity (Wildman–Crippen MR) is 249 cm³/mol. The van der Waals surface area contributed by atoms with Crippen molar-refractivity contribution in [2.24, 2.45) is 0 Å². The van der Waals surface area contributed by atoms with Crippen LogP contribution in [-0.4, -0.2) is 4.57 Å². The predicted octanol–water partition coefficient (Wildman–Crippen LogP) is 15.1. The molecule has 2 aliphatic rings. The van der Waals surface area contributed by atoms with Crippen LogP contribution >= 0.6 is 0 Å². The summed E-state index contributed by atoms with van der Waals surface area (Å²) >= 11 is 0. The maximum absolute atomic E-state index is 2.52. The lowest BCUT2D eigenvalue weighted by molar-refractivity contribution is 0.768. The van der Waals surface area contributed by atoms with Gasteiger partial charge in [0.05, 0.1) is 22.1 Å². The number of benzene rings is 9. The van der Waals surface area contributed by atoms with E-state index in [1.165, 1.54) is 82.4 Å². The van der Waals surface area contributed by atoms with Gasteiger partial charge in [0.25, 0.3) is 0 Å². The lowest BCUT2D eigenvalue weighted by atomic mass is 9.67. The van der Waals surface area contributed by atoms with E-state index >= 15 is 0 Å². The number of fused-ring (bicyclic) bond motifs is 9. The molecule has 1 heterocycles. The highest BCUT2D eigenvalue weighted by atomic mass is 15.1. The zero-order valence-electron chi connectivity index (χ0n) is 32.6. The van der Waals surface area contributed by atoms with Gasteiger partial charge in [-0.05, 0) is 105 Å². The van der Waals surface area contributed by atoms with Crippen LogP contribution in [0.15, 0.2) is 218 Å². The second-order valence-corrected chi connectivity index (χ2v) is 15.9. The van der Waals surface area contributed by atoms with Crippen LogP contribution in [0.2, 0.25) is 0 Å². The van der Waals surface area contributed by atoms with E-state index in [2.05, 4.69) is 228 Å². The summed E-state index contributed by atoms with van der Waals surface area (Å²) in [6.07, 6.45) is 8.82. The number of hydrogen-bond acceptors (Lipinski definition) is 1. The minimum atomic E-state index is -0.515. The minimum Gasteiger partial charge on any atom is -0.313 e. The second kappa shape index (κ2) is 13.3. The molecular formula is C57H40N2. The first-order chi connectivity index (χ1) is 29.3. The van der Waals surface area contributed by atoms with Crippen molar-refractivity contribution < 1.29 is 0 Å². The van der Waals surface area contributed by atoms with Gasteiger partial charge < -0.3 is 9.47 Å². The molecule has 0 atom stereocenters. The zero-order chi connectivity index (χ0) is 38.9. The number of hydrogen-bond donors (Lipinski definition) is 0. The van der Waals surface area contributed by atoms with Gasteiger partial charge in [-0.2, -0.15) is 0 Å². The molecule has 0 fully saturated rings. The average molecular weight is 753 g/mol. The van der Waals surface area contributed by atoms with Crippen molar-refractivity contribution in [3.63, 3.8) is 0 Å². The fraction of sp³-hybridized carbons (Fsp3) is 0.0526. The third kappa shape index (κ3) is 5.00. The topological polar surface area (TPSA) is 8.17 Å². The molecule has 0 amide bonds. The van der Waals surface area contributed by atoms with Crippen molar-refractivity contribution in [1.82, 2.24) is 4.57 Å². The van der Waals surface area contributed by atoms with Crippen molar-refractivity contribution in [3.05, 3.63) is 241 Å². The Kier molecular flexibility index (Phi) is 7.61. The normalized spacial score (nSPS) is 14.1. The molecular weight excluding hydrogens is 713 g/mol. The van der Waals surface area contributed by atoms with Crippen molar-refractivity contribution in [1.29, 1.82) is 0 Å². The molecule has 0 radical (unpaired) electrons. The Morgan fingerprint density at radius 2 is 1.05 bits per heavy atom. The maximum Gasteiger partial charge on any atom is 0.0714 e. The highest BCUT2D eigenvalue weighted by molar-refractivity contribution is 6.16. The summed E-state index contributed by atoms with van der Waals surface area (Å²) in [6.45, 7) is 0. The van der Waals surface area contributed by atoms with E-state index in [9.17, 15) is 0 Å². The smallest absolute Gasteiger partial charge is 0.0714 e. The molecule has 0 saturated heterocycles. The number of rotatable bonds is 6.